The molecule has 5 atom stereocenters. The van der Waals surface area contributed by atoms with E-state index in [1.807, 2.05) is 0 Å². The molecular weight excluding hydrogens is 475 g/mol. The molecule has 1 N–H and O–H groups in total. The van der Waals surface area contributed by atoms with E-state index in [0.29, 0.717) is 0 Å². The predicted octanol–water partition coefficient (Wildman–Crippen LogP) is 2.17. The van der Waals surface area contributed by atoms with Crippen LogP contribution in [-0.2, 0) is 46.7 Å². The molecule has 1 fully saturated rings. The molecule has 0 aromatic rings. The number of carbonyl (C=O) groups is 3. The van der Waals surface area contributed by atoms with Gasteiger partial charge in [-0.3, -0.25) is 28.0 Å². The molecule has 1 aliphatic rings. The number of azide groups is 1. The van der Waals surface area contributed by atoms with Crippen LogP contribution in [0.5, 0.6) is 0 Å². The number of carbonyl (C=O) groups excluding carboxylic acids is 3. The molecular formula is C19H29N4O10P. The lowest BCUT2D eigenvalue weighted by molar-refractivity contribution is -0.242. The van der Waals surface area contributed by atoms with Crippen LogP contribution in [0.3, 0.4) is 0 Å². The number of nitrogens with one attached hydrogen (secondary N) is 1. The van der Waals surface area contributed by atoms with Crippen LogP contribution in [0.2, 0.25) is 0 Å². The molecule has 1 heterocycles. The first-order valence-corrected chi connectivity index (χ1v) is 11.6. The largest absolute Gasteiger partial charge is 0.477 e. The lowest BCUT2D eigenvalue weighted by atomic mass is 9.88. The number of esters is 2. The summed E-state index contributed by atoms with van der Waals surface area (Å²) in [5, 5.41) is 5.74. The average molecular weight is 504 g/mol. The Hall–Kier alpha value is -2.73. The van der Waals surface area contributed by atoms with E-state index in [1.165, 1.54) is 26.0 Å². The summed E-state index contributed by atoms with van der Waals surface area (Å²) in [6.07, 6.45) is -0.888. The minimum atomic E-state index is -4.28. The number of ether oxygens (including phenoxy) is 3. The number of hydrogen-bond acceptors (Lipinski definition) is 11. The second-order valence-corrected chi connectivity index (χ2v) is 8.60. The minimum absolute atomic E-state index is 0.197. The van der Waals surface area contributed by atoms with Gasteiger partial charge in [-0.2, -0.15) is 0 Å². The summed E-state index contributed by atoms with van der Waals surface area (Å²) in [6.45, 7) is 9.64. The highest BCUT2D eigenvalue weighted by atomic mass is 31.2. The summed E-state index contributed by atoms with van der Waals surface area (Å²) in [6, 6.07) is -1.08. The van der Waals surface area contributed by atoms with Crippen molar-refractivity contribution in [2.45, 2.75) is 45.3 Å². The summed E-state index contributed by atoms with van der Waals surface area (Å²) in [4.78, 5) is 37.8. The Morgan fingerprint density at radius 3 is 2.29 bits per heavy atom. The Morgan fingerprint density at radius 1 is 1.18 bits per heavy atom. The zero-order chi connectivity index (χ0) is 25.7. The van der Waals surface area contributed by atoms with E-state index < -0.39 is 62.7 Å². The van der Waals surface area contributed by atoms with E-state index in [4.69, 9.17) is 33.3 Å². The number of hydrogen-bond donors (Lipinski definition) is 1. The molecule has 1 amide bonds. The Kier molecular flexibility index (Phi) is 12.5. The topological polar surface area (TPSA) is 184 Å². The molecule has 0 aromatic heterocycles. The van der Waals surface area contributed by atoms with Crippen LogP contribution in [-0.4, -0.2) is 68.8 Å². The Labute approximate surface area is 196 Å². The third kappa shape index (κ3) is 9.64. The van der Waals surface area contributed by atoms with Gasteiger partial charge in [-0.1, -0.05) is 24.2 Å². The van der Waals surface area contributed by atoms with E-state index in [0.717, 1.165) is 0 Å². The van der Waals surface area contributed by atoms with Crippen LogP contribution >= 0.6 is 7.82 Å². The molecule has 0 spiro atoms. The first-order chi connectivity index (χ1) is 16.1. The van der Waals surface area contributed by atoms with Gasteiger partial charge >= 0.3 is 19.8 Å². The van der Waals surface area contributed by atoms with Crippen molar-refractivity contribution in [2.75, 3.05) is 26.4 Å². The van der Waals surface area contributed by atoms with Crippen molar-refractivity contribution >= 4 is 25.7 Å². The van der Waals surface area contributed by atoms with Crippen molar-refractivity contribution < 1.29 is 46.7 Å². The molecule has 0 aromatic carbocycles. The maximum atomic E-state index is 13.1. The number of phosphoric acid groups is 1. The summed E-state index contributed by atoms with van der Waals surface area (Å²) >= 11 is 0. The number of amides is 1. The summed E-state index contributed by atoms with van der Waals surface area (Å²) in [7, 11) is -4.28. The van der Waals surface area contributed by atoms with E-state index in [1.54, 1.807) is 6.92 Å². The SMILES string of the molecule is C=CCOP(=O)(OCC=C)O[C@H]1OC(COC(C)=O)[C@H](OC(C)=O)[C@H](C)C1NC(=O)CN=[N+]=[N-]. The lowest BCUT2D eigenvalue weighted by Crippen LogP contribution is -2.62. The standard InChI is InChI=1S/C19H29N4O10P/c1-6-8-29-34(27,30-9-7-2)33-19-17(22-16(26)10-21-23-20)12(3)18(31-14(5)25)15(32-19)11-28-13(4)24/h6-7,12,15,17-19H,1-2,8-11H2,3-5H3,(H,22,26)/t12-,15?,17?,18-,19-/m1/s1. The maximum Gasteiger partial charge on any atom is 0.477 e. The highest BCUT2D eigenvalue weighted by Crippen LogP contribution is 2.52. The van der Waals surface area contributed by atoms with Crippen molar-refractivity contribution in [3.63, 3.8) is 0 Å². The Morgan fingerprint density at radius 2 is 1.79 bits per heavy atom. The van der Waals surface area contributed by atoms with Crippen LogP contribution in [0, 0.1) is 5.92 Å². The van der Waals surface area contributed by atoms with E-state index in [-0.39, 0.29) is 19.8 Å². The number of rotatable bonds is 14. The van der Waals surface area contributed by atoms with Crippen molar-refractivity contribution in [3.05, 3.63) is 35.8 Å². The zero-order valence-corrected chi connectivity index (χ0v) is 20.0. The smallest absolute Gasteiger partial charge is 0.463 e. The minimum Gasteiger partial charge on any atom is -0.463 e. The number of nitrogens with zero attached hydrogens (tertiary/aromatic N) is 3. The van der Waals surface area contributed by atoms with Gasteiger partial charge in [0.25, 0.3) is 0 Å². The normalized spacial score (nSPS) is 24.3. The van der Waals surface area contributed by atoms with E-state index in [2.05, 4.69) is 28.5 Å². The van der Waals surface area contributed by atoms with Crippen molar-refractivity contribution in [1.29, 1.82) is 0 Å². The molecule has 0 aliphatic carbocycles. The molecule has 0 radical (unpaired) electrons. The van der Waals surface area contributed by atoms with Gasteiger partial charge in [0.1, 0.15) is 25.4 Å². The molecule has 15 heteroatoms. The second kappa shape index (κ2) is 14.5. The van der Waals surface area contributed by atoms with E-state index >= 15 is 0 Å². The molecule has 0 bridgehead atoms. The zero-order valence-electron chi connectivity index (χ0n) is 19.2. The molecule has 0 saturated carbocycles. The summed E-state index contributed by atoms with van der Waals surface area (Å²) < 4.78 is 45.2. The van der Waals surface area contributed by atoms with Gasteiger partial charge in [0.05, 0.1) is 19.3 Å². The van der Waals surface area contributed by atoms with Gasteiger partial charge in [0.15, 0.2) is 6.29 Å². The van der Waals surface area contributed by atoms with Crippen molar-refractivity contribution in [3.8, 4) is 0 Å². The maximum absolute atomic E-state index is 13.1. The number of phosphoric ester groups is 1. The molecule has 190 valence electrons. The molecule has 1 aliphatic heterocycles. The average Bonchev–Trinajstić information content (AvgIpc) is 2.78. The van der Waals surface area contributed by atoms with Crippen LogP contribution in [0.1, 0.15) is 20.8 Å². The van der Waals surface area contributed by atoms with E-state index in [9.17, 15) is 18.9 Å². The van der Waals surface area contributed by atoms with Gasteiger partial charge in [-0.05, 0) is 5.53 Å². The lowest BCUT2D eigenvalue weighted by Gasteiger charge is -2.44. The monoisotopic (exact) mass is 504 g/mol. The van der Waals surface area contributed by atoms with Gasteiger partial charge in [0.2, 0.25) is 5.91 Å². The van der Waals surface area contributed by atoms with Crippen molar-refractivity contribution in [1.82, 2.24) is 5.32 Å². The second-order valence-electron chi connectivity index (χ2n) is 6.98. The van der Waals surface area contributed by atoms with Crippen LogP contribution in [0.25, 0.3) is 10.4 Å². The van der Waals surface area contributed by atoms with Gasteiger partial charge < -0.3 is 19.5 Å². The Balaban J connectivity index is 3.32. The fourth-order valence-electron chi connectivity index (χ4n) is 2.96. The fraction of sp³-hybridized carbons (Fsp3) is 0.632. The highest BCUT2D eigenvalue weighted by Gasteiger charge is 2.49. The quantitative estimate of drug-likeness (QED) is 0.0918. The first-order valence-electron chi connectivity index (χ1n) is 10.1. The highest BCUT2D eigenvalue weighted by molar-refractivity contribution is 7.48. The third-order valence-electron chi connectivity index (χ3n) is 4.35. The molecule has 1 saturated heterocycles. The molecule has 2 unspecified atom stereocenters. The van der Waals surface area contributed by atoms with Crippen LogP contribution < -0.4 is 5.32 Å². The predicted molar refractivity (Wildman–Crippen MR) is 117 cm³/mol. The fourth-order valence-corrected chi connectivity index (χ4v) is 4.17. The summed E-state index contributed by atoms with van der Waals surface area (Å²) in [5.41, 5.74) is 8.47. The van der Waals surface area contributed by atoms with Crippen LogP contribution in [0.15, 0.2) is 30.4 Å². The molecule has 1 rings (SSSR count). The third-order valence-corrected chi connectivity index (χ3v) is 5.74. The van der Waals surface area contributed by atoms with Gasteiger partial charge in [-0.15, -0.1) is 13.2 Å². The van der Waals surface area contributed by atoms with Crippen molar-refractivity contribution in [2.24, 2.45) is 11.0 Å². The Bertz CT molecular complexity index is 831. The summed E-state index contributed by atoms with van der Waals surface area (Å²) in [5.74, 6) is -2.69. The first kappa shape index (κ1) is 29.3. The van der Waals surface area contributed by atoms with Gasteiger partial charge in [0, 0.05) is 24.7 Å². The van der Waals surface area contributed by atoms with Crippen LogP contribution in [0.4, 0.5) is 0 Å². The van der Waals surface area contributed by atoms with Gasteiger partial charge in [-0.25, -0.2) is 4.57 Å². The molecule has 14 nitrogen and oxygen atoms in total. The molecule has 34 heavy (non-hydrogen) atoms.